The SMILES string of the molecule is Cn1c(=O)n(-c2ccc(C[C@H](NC(=O)c3c(Cl)cccc3Cl)C(=O)O)cc2)c(=O)c2cc(CC=C=O)ccc21. The van der Waals surface area contributed by atoms with Crippen molar-refractivity contribution in [2.45, 2.75) is 18.9 Å². The van der Waals surface area contributed by atoms with Gasteiger partial charge in [-0.05, 0) is 47.5 Å². The molecule has 2 N–H and O–H groups in total. The van der Waals surface area contributed by atoms with E-state index in [-0.39, 0.29) is 27.7 Å². The first-order valence-corrected chi connectivity index (χ1v) is 12.4. The first kappa shape index (κ1) is 27.6. The van der Waals surface area contributed by atoms with Crippen LogP contribution >= 0.6 is 23.2 Å². The zero-order chi connectivity index (χ0) is 28.3. The molecule has 3 aromatic carbocycles. The zero-order valence-corrected chi connectivity index (χ0v) is 22.0. The minimum atomic E-state index is -1.30. The maximum atomic E-state index is 13.3. The molecule has 1 atom stereocenters. The monoisotopic (exact) mass is 565 g/mol. The second kappa shape index (κ2) is 11.5. The fourth-order valence-corrected chi connectivity index (χ4v) is 4.75. The van der Waals surface area contributed by atoms with Crippen molar-refractivity contribution in [3.8, 4) is 5.69 Å². The van der Waals surface area contributed by atoms with Crippen LogP contribution in [0.2, 0.25) is 10.0 Å². The van der Waals surface area contributed by atoms with E-state index < -0.39 is 29.2 Å². The van der Waals surface area contributed by atoms with Crippen molar-refractivity contribution < 1.29 is 19.5 Å². The van der Waals surface area contributed by atoms with Crippen molar-refractivity contribution in [3.63, 3.8) is 0 Å². The molecule has 11 heteroatoms. The van der Waals surface area contributed by atoms with Crippen LogP contribution in [0.25, 0.3) is 16.6 Å². The number of benzene rings is 3. The summed E-state index contributed by atoms with van der Waals surface area (Å²) in [6.07, 6.45) is 1.51. The van der Waals surface area contributed by atoms with Gasteiger partial charge in [0.25, 0.3) is 11.5 Å². The van der Waals surface area contributed by atoms with Gasteiger partial charge in [0.15, 0.2) is 0 Å². The van der Waals surface area contributed by atoms with Crippen molar-refractivity contribution in [1.82, 2.24) is 14.5 Å². The average Bonchev–Trinajstić information content (AvgIpc) is 2.91. The summed E-state index contributed by atoms with van der Waals surface area (Å²) in [6.45, 7) is 0. The quantitative estimate of drug-likeness (QED) is 0.315. The molecule has 0 radical (unpaired) electrons. The van der Waals surface area contributed by atoms with Crippen LogP contribution in [0.4, 0.5) is 0 Å². The average molecular weight is 566 g/mol. The van der Waals surface area contributed by atoms with Crippen LogP contribution in [0.15, 0.2) is 76.3 Å². The summed E-state index contributed by atoms with van der Waals surface area (Å²) in [5.41, 5.74) is 0.838. The number of carboxylic acids is 1. The molecule has 1 aromatic heterocycles. The smallest absolute Gasteiger partial charge is 0.335 e. The van der Waals surface area contributed by atoms with E-state index >= 15 is 0 Å². The highest BCUT2D eigenvalue weighted by atomic mass is 35.5. The van der Waals surface area contributed by atoms with Crippen LogP contribution in [0.5, 0.6) is 0 Å². The van der Waals surface area contributed by atoms with Crippen LogP contribution in [-0.4, -0.2) is 38.1 Å². The maximum absolute atomic E-state index is 13.3. The van der Waals surface area contributed by atoms with Crippen LogP contribution in [0.3, 0.4) is 0 Å². The standard InChI is InChI=1S/C28H21Cl2N3O6/c1-32-23-12-9-16(4-3-13-34)14-19(23)26(36)33(28(32)39)18-10-7-17(8-11-18)15-22(27(37)38)31-25(35)24-20(29)5-2-6-21(24)30/h2-3,5-12,14,22H,4,15H2,1H3,(H,31,35)(H,37,38)/t22-/m0/s1. The Labute approximate surface area is 231 Å². The number of carboxylic acid groups (broad SMARTS) is 1. The molecule has 0 bridgehead atoms. The third kappa shape index (κ3) is 5.71. The third-order valence-corrected chi connectivity index (χ3v) is 6.81. The fraction of sp³-hybridized carbons (Fsp3) is 0.143. The van der Waals surface area contributed by atoms with Crippen LogP contribution in [-0.2, 0) is 29.5 Å². The largest absolute Gasteiger partial charge is 0.480 e. The number of fused-ring (bicyclic) bond motifs is 1. The summed E-state index contributed by atoms with van der Waals surface area (Å²) in [7, 11) is 1.55. The highest BCUT2D eigenvalue weighted by Crippen LogP contribution is 2.24. The van der Waals surface area contributed by atoms with Gasteiger partial charge in [-0.15, -0.1) is 0 Å². The maximum Gasteiger partial charge on any atom is 0.335 e. The van der Waals surface area contributed by atoms with Gasteiger partial charge < -0.3 is 10.4 Å². The number of nitrogens with one attached hydrogen (secondary N) is 1. The number of rotatable bonds is 8. The van der Waals surface area contributed by atoms with E-state index in [1.54, 1.807) is 49.4 Å². The lowest BCUT2D eigenvalue weighted by Crippen LogP contribution is -2.42. The summed E-state index contributed by atoms with van der Waals surface area (Å²) in [6, 6.07) is 14.4. The molecular weight excluding hydrogens is 545 g/mol. The number of amides is 1. The minimum Gasteiger partial charge on any atom is -0.480 e. The van der Waals surface area contributed by atoms with E-state index in [1.807, 2.05) is 0 Å². The van der Waals surface area contributed by atoms with Gasteiger partial charge >= 0.3 is 11.7 Å². The van der Waals surface area contributed by atoms with Crippen molar-refractivity contribution in [3.05, 3.63) is 114 Å². The Morgan fingerprint density at radius 1 is 1.03 bits per heavy atom. The van der Waals surface area contributed by atoms with Gasteiger partial charge in [-0.3, -0.25) is 14.2 Å². The topological polar surface area (TPSA) is 127 Å². The van der Waals surface area contributed by atoms with Gasteiger partial charge in [0, 0.05) is 26.0 Å². The molecule has 1 amide bonds. The molecule has 198 valence electrons. The Balaban J connectivity index is 1.64. The van der Waals surface area contributed by atoms with Crippen molar-refractivity contribution in [1.29, 1.82) is 0 Å². The number of carbonyl (C=O) groups excluding carboxylic acids is 2. The number of aryl methyl sites for hydroxylation is 1. The molecule has 0 saturated carbocycles. The summed E-state index contributed by atoms with van der Waals surface area (Å²) in [5.74, 6) is -0.300. The Morgan fingerprint density at radius 2 is 1.67 bits per heavy atom. The molecule has 0 saturated heterocycles. The molecule has 1 heterocycles. The molecule has 0 unspecified atom stereocenters. The van der Waals surface area contributed by atoms with Gasteiger partial charge in [-0.1, -0.05) is 47.5 Å². The van der Waals surface area contributed by atoms with E-state index in [4.69, 9.17) is 23.2 Å². The molecule has 0 aliphatic heterocycles. The molecular formula is C28H21Cl2N3O6. The summed E-state index contributed by atoms with van der Waals surface area (Å²) in [4.78, 5) is 61.5. The Morgan fingerprint density at radius 3 is 2.28 bits per heavy atom. The second-order valence-corrected chi connectivity index (χ2v) is 9.51. The van der Waals surface area contributed by atoms with Gasteiger partial charge in [0.05, 0.1) is 32.2 Å². The summed E-state index contributed by atoms with van der Waals surface area (Å²) < 4.78 is 2.36. The number of carbonyl (C=O) groups is 2. The normalized spacial score (nSPS) is 11.6. The lowest BCUT2D eigenvalue weighted by molar-refractivity contribution is -0.139. The highest BCUT2D eigenvalue weighted by Gasteiger charge is 2.24. The van der Waals surface area contributed by atoms with E-state index in [0.29, 0.717) is 28.5 Å². The van der Waals surface area contributed by atoms with Gasteiger partial charge in [0.1, 0.15) is 12.0 Å². The summed E-state index contributed by atoms with van der Waals surface area (Å²) in [5, 5.41) is 12.6. The van der Waals surface area contributed by atoms with E-state index in [1.165, 1.54) is 34.9 Å². The molecule has 39 heavy (non-hydrogen) atoms. The molecule has 0 spiro atoms. The van der Waals surface area contributed by atoms with Crippen molar-refractivity contribution in [2.24, 2.45) is 7.05 Å². The van der Waals surface area contributed by atoms with Crippen LogP contribution in [0, 0.1) is 0 Å². The third-order valence-electron chi connectivity index (χ3n) is 6.18. The lowest BCUT2D eigenvalue weighted by Gasteiger charge is -2.16. The first-order valence-electron chi connectivity index (χ1n) is 11.6. The minimum absolute atomic E-state index is 0.0284. The van der Waals surface area contributed by atoms with E-state index in [9.17, 15) is 29.1 Å². The lowest BCUT2D eigenvalue weighted by atomic mass is 10.0. The first-order chi connectivity index (χ1) is 18.6. The Bertz CT molecular complexity index is 1750. The number of halogens is 2. The zero-order valence-electron chi connectivity index (χ0n) is 20.5. The molecule has 4 rings (SSSR count). The number of hydrogen-bond acceptors (Lipinski definition) is 5. The van der Waals surface area contributed by atoms with Gasteiger partial charge in [-0.25, -0.2) is 19.0 Å². The summed E-state index contributed by atoms with van der Waals surface area (Å²) >= 11 is 12.1. The predicted octanol–water partition coefficient (Wildman–Crippen LogP) is 3.35. The molecule has 4 aromatic rings. The van der Waals surface area contributed by atoms with Gasteiger partial charge in [0.2, 0.25) is 0 Å². The van der Waals surface area contributed by atoms with Crippen molar-refractivity contribution >= 4 is 51.9 Å². The molecule has 9 nitrogen and oxygen atoms in total. The number of aromatic nitrogens is 2. The van der Waals surface area contributed by atoms with Crippen LogP contribution in [0.1, 0.15) is 21.5 Å². The second-order valence-electron chi connectivity index (χ2n) is 8.69. The van der Waals surface area contributed by atoms with Crippen LogP contribution < -0.4 is 16.6 Å². The molecule has 0 aliphatic rings. The van der Waals surface area contributed by atoms with Crippen molar-refractivity contribution in [2.75, 3.05) is 0 Å². The Kier molecular flexibility index (Phi) is 8.16. The highest BCUT2D eigenvalue weighted by molar-refractivity contribution is 6.39. The fourth-order valence-electron chi connectivity index (χ4n) is 4.18. The van der Waals surface area contributed by atoms with Gasteiger partial charge in [-0.2, -0.15) is 0 Å². The number of aliphatic carboxylic acids is 1. The number of hydrogen-bond donors (Lipinski definition) is 2. The predicted molar refractivity (Wildman–Crippen MR) is 148 cm³/mol. The molecule has 0 aliphatic carbocycles. The Hall–Kier alpha value is -4.43. The van der Waals surface area contributed by atoms with E-state index in [0.717, 1.165) is 4.57 Å². The molecule has 0 fully saturated rings. The van der Waals surface area contributed by atoms with E-state index in [2.05, 4.69) is 5.32 Å². The number of nitrogens with zero attached hydrogens (tertiary/aromatic N) is 2. The number of allylic oxidation sites excluding steroid dienone is 1.